The second kappa shape index (κ2) is 7.11. The number of carboxylic acid groups (broad SMARTS) is 1. The zero-order valence-corrected chi connectivity index (χ0v) is 13.0. The topological polar surface area (TPSA) is 88.8 Å². The van der Waals surface area contributed by atoms with Crippen LogP contribution in [0, 0.1) is 0 Å². The van der Waals surface area contributed by atoms with E-state index < -0.39 is 17.3 Å². The summed E-state index contributed by atoms with van der Waals surface area (Å²) in [6.45, 7) is 1.79. The van der Waals surface area contributed by atoms with Gasteiger partial charge in [-0.3, -0.25) is 9.59 Å². The van der Waals surface area contributed by atoms with Crippen LogP contribution in [0.2, 0.25) is 0 Å². The van der Waals surface area contributed by atoms with Gasteiger partial charge in [0.2, 0.25) is 0 Å². The summed E-state index contributed by atoms with van der Waals surface area (Å²) in [6.07, 6.45) is 0. The molecule has 0 aliphatic carbocycles. The average molecular weight is 317 g/mol. The van der Waals surface area contributed by atoms with Gasteiger partial charge in [-0.15, -0.1) is 0 Å². The molecule has 1 unspecified atom stereocenters. The van der Waals surface area contributed by atoms with Gasteiger partial charge in [-0.05, 0) is 24.6 Å². The van der Waals surface area contributed by atoms with Crippen LogP contribution < -0.4 is 5.32 Å². The van der Waals surface area contributed by atoms with Crippen LogP contribution in [-0.2, 0) is 21.6 Å². The van der Waals surface area contributed by atoms with Crippen LogP contribution >= 0.6 is 0 Å². The number of benzene rings is 1. The summed E-state index contributed by atoms with van der Waals surface area (Å²) in [7, 11) is 1.53. The number of carboxylic acids is 1. The van der Waals surface area contributed by atoms with Crippen LogP contribution in [0.15, 0.2) is 46.9 Å². The molecule has 0 aliphatic heterocycles. The van der Waals surface area contributed by atoms with Crippen molar-refractivity contribution in [3.8, 4) is 0 Å². The van der Waals surface area contributed by atoms with Crippen molar-refractivity contribution in [2.75, 3.05) is 13.7 Å². The molecule has 0 bridgehead atoms. The fraction of sp³-hybridized carbons (Fsp3) is 0.294. The van der Waals surface area contributed by atoms with Gasteiger partial charge in [-0.1, -0.05) is 30.3 Å². The zero-order chi connectivity index (χ0) is 16.9. The van der Waals surface area contributed by atoms with E-state index in [0.29, 0.717) is 11.3 Å². The second-order valence-corrected chi connectivity index (χ2v) is 5.38. The Balaban J connectivity index is 2.09. The standard InChI is InChI=1S/C17H19NO5/c1-17(16(20)21,12-6-4-3-5-7-12)11-18-15(19)14-9-8-13(23-14)10-22-2/h3-9H,10-11H2,1-2H3,(H,18,19)(H,20,21). The Morgan fingerprint density at radius 1 is 1.22 bits per heavy atom. The monoisotopic (exact) mass is 317 g/mol. The molecule has 1 heterocycles. The Morgan fingerprint density at radius 2 is 1.91 bits per heavy atom. The number of ether oxygens (including phenoxy) is 1. The SMILES string of the molecule is COCc1ccc(C(=O)NCC(C)(C(=O)O)c2ccccc2)o1. The molecule has 1 aromatic heterocycles. The number of amides is 1. The van der Waals surface area contributed by atoms with Crippen molar-refractivity contribution in [2.45, 2.75) is 18.9 Å². The van der Waals surface area contributed by atoms with Crippen LogP contribution in [0.5, 0.6) is 0 Å². The number of aliphatic carboxylic acids is 1. The average Bonchev–Trinajstić information content (AvgIpc) is 3.02. The van der Waals surface area contributed by atoms with E-state index in [4.69, 9.17) is 9.15 Å². The molecule has 0 saturated heterocycles. The van der Waals surface area contributed by atoms with E-state index >= 15 is 0 Å². The number of nitrogens with one attached hydrogen (secondary N) is 1. The summed E-state index contributed by atoms with van der Waals surface area (Å²) in [5.41, 5.74) is -0.605. The number of methoxy groups -OCH3 is 1. The first-order valence-electron chi connectivity index (χ1n) is 7.12. The molecule has 122 valence electrons. The number of carbonyl (C=O) groups excluding carboxylic acids is 1. The molecule has 2 rings (SSSR count). The number of hydrogen-bond acceptors (Lipinski definition) is 4. The fourth-order valence-electron chi connectivity index (χ4n) is 2.17. The van der Waals surface area contributed by atoms with Crippen molar-refractivity contribution in [2.24, 2.45) is 0 Å². The van der Waals surface area contributed by atoms with Gasteiger partial charge in [0.15, 0.2) is 5.76 Å². The highest BCUT2D eigenvalue weighted by atomic mass is 16.5. The van der Waals surface area contributed by atoms with E-state index in [2.05, 4.69) is 5.32 Å². The van der Waals surface area contributed by atoms with Gasteiger partial charge >= 0.3 is 5.97 Å². The third-order valence-corrected chi connectivity index (χ3v) is 3.66. The highest BCUT2D eigenvalue weighted by Gasteiger charge is 2.35. The molecule has 2 aromatic rings. The predicted octanol–water partition coefficient (Wildman–Crippen LogP) is 2.20. The molecule has 2 N–H and O–H groups in total. The minimum atomic E-state index is -1.22. The molecule has 0 spiro atoms. The lowest BCUT2D eigenvalue weighted by Crippen LogP contribution is -2.44. The maximum atomic E-state index is 12.1. The van der Waals surface area contributed by atoms with E-state index in [0.717, 1.165) is 0 Å². The normalized spacial score (nSPS) is 13.3. The van der Waals surface area contributed by atoms with Crippen LogP contribution in [0.3, 0.4) is 0 Å². The summed E-state index contributed by atoms with van der Waals surface area (Å²) in [6, 6.07) is 12.0. The van der Waals surface area contributed by atoms with Gasteiger partial charge in [-0.2, -0.15) is 0 Å². The van der Waals surface area contributed by atoms with E-state index in [-0.39, 0.29) is 18.9 Å². The zero-order valence-electron chi connectivity index (χ0n) is 13.0. The first-order valence-corrected chi connectivity index (χ1v) is 7.12. The summed E-state index contributed by atoms with van der Waals surface area (Å²) in [5, 5.41) is 12.2. The maximum Gasteiger partial charge on any atom is 0.315 e. The summed E-state index contributed by atoms with van der Waals surface area (Å²) in [5.74, 6) is -0.821. The van der Waals surface area contributed by atoms with Gasteiger partial charge in [0.25, 0.3) is 5.91 Å². The molecule has 1 aromatic carbocycles. The first-order chi connectivity index (χ1) is 11.0. The smallest absolute Gasteiger partial charge is 0.315 e. The highest BCUT2D eigenvalue weighted by molar-refractivity contribution is 5.92. The molecule has 6 heteroatoms. The number of rotatable bonds is 7. The molecule has 0 aliphatic rings. The minimum Gasteiger partial charge on any atom is -0.481 e. The van der Waals surface area contributed by atoms with Gasteiger partial charge in [-0.25, -0.2) is 0 Å². The molecular weight excluding hydrogens is 298 g/mol. The quantitative estimate of drug-likeness (QED) is 0.817. The molecule has 23 heavy (non-hydrogen) atoms. The first kappa shape index (κ1) is 16.8. The van der Waals surface area contributed by atoms with Crippen LogP contribution in [0.25, 0.3) is 0 Å². The molecule has 0 saturated carbocycles. The van der Waals surface area contributed by atoms with Crippen LogP contribution in [-0.4, -0.2) is 30.6 Å². The Bertz CT molecular complexity index is 679. The van der Waals surface area contributed by atoms with Gasteiger partial charge in [0, 0.05) is 13.7 Å². The van der Waals surface area contributed by atoms with Crippen molar-refractivity contribution < 1.29 is 23.8 Å². The largest absolute Gasteiger partial charge is 0.481 e. The number of carbonyl (C=O) groups is 2. The Kier molecular flexibility index (Phi) is 5.18. The molecule has 6 nitrogen and oxygen atoms in total. The minimum absolute atomic E-state index is 0.0501. The van der Waals surface area contributed by atoms with E-state index in [1.165, 1.54) is 13.2 Å². The summed E-state index contributed by atoms with van der Waals surface area (Å²) in [4.78, 5) is 23.8. The molecular formula is C17H19NO5. The maximum absolute atomic E-state index is 12.1. The fourth-order valence-corrected chi connectivity index (χ4v) is 2.17. The highest BCUT2D eigenvalue weighted by Crippen LogP contribution is 2.23. The molecule has 1 amide bonds. The van der Waals surface area contributed by atoms with Crippen molar-refractivity contribution in [3.63, 3.8) is 0 Å². The van der Waals surface area contributed by atoms with Gasteiger partial charge in [0.05, 0.1) is 0 Å². The summed E-state index contributed by atoms with van der Waals surface area (Å²) < 4.78 is 10.3. The Hall–Kier alpha value is -2.60. The third kappa shape index (κ3) is 3.78. The second-order valence-electron chi connectivity index (χ2n) is 5.38. The van der Waals surface area contributed by atoms with Crippen LogP contribution in [0.1, 0.15) is 28.8 Å². The van der Waals surface area contributed by atoms with E-state index in [1.807, 2.05) is 6.07 Å². The number of hydrogen-bond donors (Lipinski definition) is 2. The molecule has 0 fully saturated rings. The predicted molar refractivity (Wildman–Crippen MR) is 83.2 cm³/mol. The van der Waals surface area contributed by atoms with Gasteiger partial charge < -0.3 is 19.6 Å². The van der Waals surface area contributed by atoms with E-state index in [9.17, 15) is 14.7 Å². The Labute approximate surface area is 134 Å². The van der Waals surface area contributed by atoms with Crippen LogP contribution in [0.4, 0.5) is 0 Å². The lowest BCUT2D eigenvalue weighted by atomic mass is 9.82. The van der Waals surface area contributed by atoms with Crippen molar-refractivity contribution in [1.82, 2.24) is 5.32 Å². The van der Waals surface area contributed by atoms with Gasteiger partial charge in [0.1, 0.15) is 17.8 Å². The molecule has 1 atom stereocenters. The number of furan rings is 1. The molecule has 0 radical (unpaired) electrons. The Morgan fingerprint density at radius 3 is 2.52 bits per heavy atom. The van der Waals surface area contributed by atoms with Crippen molar-refractivity contribution in [1.29, 1.82) is 0 Å². The van der Waals surface area contributed by atoms with E-state index in [1.54, 1.807) is 37.3 Å². The lowest BCUT2D eigenvalue weighted by molar-refractivity contribution is -0.142. The third-order valence-electron chi connectivity index (χ3n) is 3.66. The summed E-state index contributed by atoms with van der Waals surface area (Å²) >= 11 is 0. The van der Waals surface area contributed by atoms with Crippen molar-refractivity contribution in [3.05, 3.63) is 59.5 Å². The lowest BCUT2D eigenvalue weighted by Gasteiger charge is -2.25. The van der Waals surface area contributed by atoms with Crippen molar-refractivity contribution >= 4 is 11.9 Å².